The van der Waals surface area contributed by atoms with Gasteiger partial charge in [-0.3, -0.25) is 0 Å². The van der Waals surface area contributed by atoms with Crippen LogP contribution in [-0.4, -0.2) is 12.6 Å². The monoisotopic (exact) mass is 346 g/mol. The molecule has 3 nitrogen and oxygen atoms in total. The lowest BCUT2D eigenvalue weighted by molar-refractivity contribution is -0.136. The Morgan fingerprint density at radius 2 is 1.35 bits per heavy atom. The zero-order chi connectivity index (χ0) is 18.5. The number of carbonyl (C=O) groups excluding carboxylic acids is 1. The van der Waals surface area contributed by atoms with Crippen LogP contribution in [0.2, 0.25) is 0 Å². The zero-order valence-corrected chi connectivity index (χ0v) is 15.3. The van der Waals surface area contributed by atoms with Crippen molar-refractivity contribution in [3.63, 3.8) is 0 Å². The number of ether oxygens (including phenoxy) is 2. The standard InChI is InChI=1S/C23H22O3/c1-16-5-8-19(9-6-16)20-10-12-21(13-11-20)26-23(24)15-25-22-14-17(2)4-7-18(22)3/h4-14H,15H2,1-3H3. The number of carbonyl (C=O) groups is 1. The summed E-state index contributed by atoms with van der Waals surface area (Å²) in [7, 11) is 0. The van der Waals surface area contributed by atoms with Crippen molar-refractivity contribution in [2.75, 3.05) is 6.61 Å². The van der Waals surface area contributed by atoms with Gasteiger partial charge in [0.2, 0.25) is 0 Å². The first-order valence-corrected chi connectivity index (χ1v) is 8.59. The lowest BCUT2D eigenvalue weighted by Gasteiger charge is -2.10. The first-order valence-electron chi connectivity index (χ1n) is 8.59. The number of hydrogen-bond donors (Lipinski definition) is 0. The molecule has 132 valence electrons. The topological polar surface area (TPSA) is 35.5 Å². The largest absolute Gasteiger partial charge is 0.482 e. The molecule has 0 radical (unpaired) electrons. The number of benzene rings is 3. The van der Waals surface area contributed by atoms with Gasteiger partial charge in [0.25, 0.3) is 0 Å². The molecule has 0 aliphatic rings. The van der Waals surface area contributed by atoms with Crippen LogP contribution in [-0.2, 0) is 4.79 Å². The first-order chi connectivity index (χ1) is 12.5. The van der Waals surface area contributed by atoms with Crippen molar-refractivity contribution in [3.05, 3.63) is 83.4 Å². The summed E-state index contributed by atoms with van der Waals surface area (Å²) in [4.78, 5) is 12.0. The van der Waals surface area contributed by atoms with Crippen LogP contribution in [0.15, 0.2) is 66.7 Å². The summed E-state index contributed by atoms with van der Waals surface area (Å²) >= 11 is 0. The Bertz CT molecular complexity index is 894. The molecule has 0 aromatic heterocycles. The summed E-state index contributed by atoms with van der Waals surface area (Å²) in [6.45, 7) is 5.88. The van der Waals surface area contributed by atoms with Crippen molar-refractivity contribution in [2.24, 2.45) is 0 Å². The molecular weight excluding hydrogens is 324 g/mol. The van der Waals surface area contributed by atoms with E-state index in [2.05, 4.69) is 31.2 Å². The minimum Gasteiger partial charge on any atom is -0.482 e. The second-order valence-electron chi connectivity index (χ2n) is 6.42. The molecule has 26 heavy (non-hydrogen) atoms. The van der Waals surface area contributed by atoms with E-state index in [1.165, 1.54) is 5.56 Å². The highest BCUT2D eigenvalue weighted by molar-refractivity contribution is 5.74. The van der Waals surface area contributed by atoms with Gasteiger partial charge in [-0.2, -0.15) is 0 Å². The molecule has 0 heterocycles. The summed E-state index contributed by atoms with van der Waals surface area (Å²) < 4.78 is 10.9. The minimum absolute atomic E-state index is 0.121. The number of hydrogen-bond acceptors (Lipinski definition) is 3. The lowest BCUT2D eigenvalue weighted by Crippen LogP contribution is -2.18. The Kier molecular flexibility index (Phi) is 5.37. The van der Waals surface area contributed by atoms with E-state index in [-0.39, 0.29) is 6.61 Å². The van der Waals surface area contributed by atoms with Gasteiger partial charge in [-0.15, -0.1) is 0 Å². The molecule has 0 atom stereocenters. The average Bonchev–Trinajstić information content (AvgIpc) is 2.64. The van der Waals surface area contributed by atoms with Gasteiger partial charge < -0.3 is 9.47 Å². The van der Waals surface area contributed by atoms with E-state index in [4.69, 9.17) is 9.47 Å². The predicted molar refractivity (Wildman–Crippen MR) is 104 cm³/mol. The summed E-state index contributed by atoms with van der Waals surface area (Å²) in [6, 6.07) is 21.7. The van der Waals surface area contributed by atoms with E-state index in [0.29, 0.717) is 11.5 Å². The molecule has 0 spiro atoms. The van der Waals surface area contributed by atoms with Crippen LogP contribution in [0.4, 0.5) is 0 Å². The number of rotatable bonds is 5. The highest BCUT2D eigenvalue weighted by atomic mass is 16.6. The van der Waals surface area contributed by atoms with Crippen LogP contribution < -0.4 is 9.47 Å². The SMILES string of the molecule is Cc1ccc(-c2ccc(OC(=O)COc3cc(C)ccc3C)cc2)cc1. The summed E-state index contributed by atoms with van der Waals surface area (Å²) in [5.74, 6) is 0.793. The average molecular weight is 346 g/mol. The normalized spacial score (nSPS) is 10.4. The second-order valence-corrected chi connectivity index (χ2v) is 6.42. The maximum absolute atomic E-state index is 12.0. The highest BCUT2D eigenvalue weighted by Crippen LogP contribution is 2.23. The van der Waals surface area contributed by atoms with Crippen molar-refractivity contribution in [1.82, 2.24) is 0 Å². The van der Waals surface area contributed by atoms with E-state index in [1.54, 1.807) is 12.1 Å². The van der Waals surface area contributed by atoms with Gasteiger partial charge in [0.15, 0.2) is 6.61 Å². The molecule has 0 fully saturated rings. The quantitative estimate of drug-likeness (QED) is 0.467. The maximum Gasteiger partial charge on any atom is 0.349 e. The van der Waals surface area contributed by atoms with Crippen LogP contribution in [0, 0.1) is 20.8 Å². The maximum atomic E-state index is 12.0. The number of esters is 1. The Balaban J connectivity index is 1.59. The Morgan fingerprint density at radius 1 is 0.769 bits per heavy atom. The molecule has 0 saturated heterocycles. The smallest absolute Gasteiger partial charge is 0.349 e. The zero-order valence-electron chi connectivity index (χ0n) is 15.3. The van der Waals surface area contributed by atoms with Crippen LogP contribution >= 0.6 is 0 Å². The molecule has 0 amide bonds. The van der Waals surface area contributed by atoms with E-state index in [0.717, 1.165) is 22.3 Å². The third-order valence-electron chi connectivity index (χ3n) is 4.16. The molecule has 3 heteroatoms. The molecular formula is C23H22O3. The van der Waals surface area contributed by atoms with Crippen molar-refractivity contribution in [3.8, 4) is 22.6 Å². The Hall–Kier alpha value is -3.07. The summed E-state index contributed by atoms with van der Waals surface area (Å²) in [5.41, 5.74) is 5.52. The van der Waals surface area contributed by atoms with Gasteiger partial charge in [0, 0.05) is 0 Å². The fourth-order valence-corrected chi connectivity index (χ4v) is 2.62. The van der Waals surface area contributed by atoms with E-state index in [9.17, 15) is 4.79 Å². The molecule has 3 aromatic rings. The van der Waals surface area contributed by atoms with Gasteiger partial charge in [-0.25, -0.2) is 4.79 Å². The Morgan fingerprint density at radius 3 is 2.00 bits per heavy atom. The minimum atomic E-state index is -0.422. The van der Waals surface area contributed by atoms with Gasteiger partial charge >= 0.3 is 5.97 Å². The van der Waals surface area contributed by atoms with Crippen molar-refractivity contribution < 1.29 is 14.3 Å². The predicted octanol–water partition coefficient (Wildman–Crippen LogP) is 5.26. The van der Waals surface area contributed by atoms with Gasteiger partial charge in [0.1, 0.15) is 11.5 Å². The molecule has 0 unspecified atom stereocenters. The van der Waals surface area contributed by atoms with Gasteiger partial charge in [0.05, 0.1) is 0 Å². The van der Waals surface area contributed by atoms with Crippen molar-refractivity contribution >= 4 is 5.97 Å². The van der Waals surface area contributed by atoms with Crippen LogP contribution in [0.5, 0.6) is 11.5 Å². The van der Waals surface area contributed by atoms with Gasteiger partial charge in [-0.05, 0) is 61.2 Å². The van der Waals surface area contributed by atoms with Crippen LogP contribution in [0.1, 0.15) is 16.7 Å². The van der Waals surface area contributed by atoms with Crippen LogP contribution in [0.3, 0.4) is 0 Å². The summed E-state index contributed by atoms with van der Waals surface area (Å²) in [5, 5.41) is 0. The van der Waals surface area contributed by atoms with E-state index in [1.807, 2.05) is 44.2 Å². The van der Waals surface area contributed by atoms with E-state index >= 15 is 0 Å². The second kappa shape index (κ2) is 7.87. The third-order valence-corrected chi connectivity index (χ3v) is 4.16. The molecule has 3 aromatic carbocycles. The van der Waals surface area contributed by atoms with E-state index < -0.39 is 5.97 Å². The third kappa shape index (κ3) is 4.51. The molecule has 0 aliphatic carbocycles. The van der Waals surface area contributed by atoms with Crippen LogP contribution in [0.25, 0.3) is 11.1 Å². The fraction of sp³-hybridized carbons (Fsp3) is 0.174. The van der Waals surface area contributed by atoms with Crippen molar-refractivity contribution in [1.29, 1.82) is 0 Å². The van der Waals surface area contributed by atoms with Crippen molar-refractivity contribution in [2.45, 2.75) is 20.8 Å². The summed E-state index contributed by atoms with van der Waals surface area (Å²) in [6.07, 6.45) is 0. The molecule has 0 N–H and O–H groups in total. The lowest BCUT2D eigenvalue weighted by atomic mass is 10.0. The first kappa shape index (κ1) is 17.7. The fourth-order valence-electron chi connectivity index (χ4n) is 2.62. The molecule has 0 saturated carbocycles. The number of aryl methyl sites for hydroxylation is 3. The molecule has 0 aliphatic heterocycles. The molecule has 3 rings (SSSR count). The van der Waals surface area contributed by atoms with Gasteiger partial charge in [-0.1, -0.05) is 54.1 Å². The molecule has 0 bridgehead atoms. The Labute approximate surface area is 154 Å². The highest BCUT2D eigenvalue weighted by Gasteiger charge is 2.08.